The van der Waals surface area contributed by atoms with Crippen molar-refractivity contribution in [1.82, 2.24) is 4.98 Å². The van der Waals surface area contributed by atoms with Crippen LogP contribution in [0.1, 0.15) is 24.3 Å². The minimum atomic E-state index is -0.199. The van der Waals surface area contributed by atoms with Crippen LogP contribution in [0.4, 0.5) is 5.69 Å². The second-order valence-corrected chi connectivity index (χ2v) is 6.00. The number of H-pyrrole nitrogens is 1. The van der Waals surface area contributed by atoms with E-state index in [1.54, 1.807) is 12.1 Å². The molecule has 118 valence electrons. The summed E-state index contributed by atoms with van der Waals surface area (Å²) in [6.45, 7) is 3.94. The number of aromatic amines is 1. The lowest BCUT2D eigenvalue weighted by Crippen LogP contribution is -2.12. The molecule has 1 heterocycles. The third-order valence-electron chi connectivity index (χ3n) is 3.31. The molecule has 5 heteroatoms. The Morgan fingerprint density at radius 3 is 2.57 bits per heavy atom. The lowest BCUT2D eigenvalue weighted by atomic mass is 10.2. The molecule has 0 unspecified atom stereocenters. The Hall–Kier alpha value is -2.46. The molecular formula is C18H17ClN2O2. The van der Waals surface area contributed by atoms with Crippen LogP contribution in [0.15, 0.2) is 48.5 Å². The first kappa shape index (κ1) is 15.4. The second kappa shape index (κ2) is 6.34. The normalized spacial score (nSPS) is 11.0. The number of fused-ring (bicyclic) bond motifs is 1. The van der Waals surface area contributed by atoms with Crippen molar-refractivity contribution in [3.8, 4) is 5.75 Å². The van der Waals surface area contributed by atoms with Gasteiger partial charge in [0, 0.05) is 21.6 Å². The van der Waals surface area contributed by atoms with Gasteiger partial charge in [-0.05, 0) is 62.4 Å². The van der Waals surface area contributed by atoms with Crippen molar-refractivity contribution in [3.05, 3.63) is 59.2 Å². The third kappa shape index (κ3) is 3.66. The number of carbonyl (C=O) groups excluding carboxylic acids is 1. The Balaban J connectivity index is 1.74. The van der Waals surface area contributed by atoms with Gasteiger partial charge in [0.1, 0.15) is 11.4 Å². The van der Waals surface area contributed by atoms with E-state index >= 15 is 0 Å². The van der Waals surface area contributed by atoms with Crippen molar-refractivity contribution >= 4 is 34.1 Å². The van der Waals surface area contributed by atoms with E-state index in [1.165, 1.54) is 0 Å². The van der Waals surface area contributed by atoms with Gasteiger partial charge in [0.15, 0.2) is 0 Å². The highest BCUT2D eigenvalue weighted by atomic mass is 35.5. The topological polar surface area (TPSA) is 54.1 Å². The van der Waals surface area contributed by atoms with E-state index in [1.807, 2.05) is 50.2 Å². The number of hydrogen-bond donors (Lipinski definition) is 2. The molecule has 4 nitrogen and oxygen atoms in total. The fourth-order valence-electron chi connectivity index (χ4n) is 2.31. The number of halogens is 1. The van der Waals surface area contributed by atoms with Crippen LogP contribution in [0.2, 0.25) is 5.02 Å². The summed E-state index contributed by atoms with van der Waals surface area (Å²) in [5.74, 6) is 0.577. The average molecular weight is 329 g/mol. The van der Waals surface area contributed by atoms with Crippen LogP contribution in [0.25, 0.3) is 10.9 Å². The summed E-state index contributed by atoms with van der Waals surface area (Å²) < 4.78 is 5.58. The van der Waals surface area contributed by atoms with Crippen molar-refractivity contribution in [2.45, 2.75) is 20.0 Å². The maximum absolute atomic E-state index is 12.3. The van der Waals surface area contributed by atoms with Gasteiger partial charge in [-0.25, -0.2) is 0 Å². The van der Waals surface area contributed by atoms with E-state index in [4.69, 9.17) is 16.3 Å². The molecule has 2 N–H and O–H groups in total. The van der Waals surface area contributed by atoms with Crippen LogP contribution in [0.5, 0.6) is 5.75 Å². The molecule has 0 bridgehead atoms. The minimum absolute atomic E-state index is 0.119. The number of nitrogens with one attached hydrogen (secondary N) is 2. The first-order valence-electron chi connectivity index (χ1n) is 7.37. The van der Waals surface area contributed by atoms with Crippen molar-refractivity contribution in [2.24, 2.45) is 0 Å². The summed E-state index contributed by atoms with van der Waals surface area (Å²) in [5.41, 5.74) is 2.08. The summed E-state index contributed by atoms with van der Waals surface area (Å²) in [7, 11) is 0. The van der Waals surface area contributed by atoms with Crippen LogP contribution < -0.4 is 10.1 Å². The lowest BCUT2D eigenvalue weighted by molar-refractivity contribution is 0.102. The van der Waals surface area contributed by atoms with Crippen LogP contribution in [0, 0.1) is 0 Å². The van der Waals surface area contributed by atoms with E-state index in [-0.39, 0.29) is 12.0 Å². The molecule has 3 rings (SSSR count). The highest BCUT2D eigenvalue weighted by molar-refractivity contribution is 6.31. The van der Waals surface area contributed by atoms with E-state index in [9.17, 15) is 4.79 Å². The Morgan fingerprint density at radius 2 is 1.87 bits per heavy atom. The molecule has 2 aromatic carbocycles. The highest BCUT2D eigenvalue weighted by Crippen LogP contribution is 2.21. The van der Waals surface area contributed by atoms with Gasteiger partial charge < -0.3 is 15.0 Å². The summed E-state index contributed by atoms with van der Waals surface area (Å²) in [5, 5.41) is 4.40. The fourth-order valence-corrected chi connectivity index (χ4v) is 2.49. The van der Waals surface area contributed by atoms with Gasteiger partial charge in [-0.15, -0.1) is 0 Å². The Labute approximate surface area is 139 Å². The highest BCUT2D eigenvalue weighted by Gasteiger charge is 2.10. The summed E-state index contributed by atoms with van der Waals surface area (Å²) in [4.78, 5) is 15.4. The molecule has 0 atom stereocenters. The van der Waals surface area contributed by atoms with E-state index < -0.39 is 0 Å². The molecule has 0 aliphatic carbocycles. The largest absolute Gasteiger partial charge is 0.491 e. The molecule has 1 amide bonds. The van der Waals surface area contributed by atoms with E-state index in [0.717, 1.165) is 16.7 Å². The zero-order chi connectivity index (χ0) is 16.4. The summed E-state index contributed by atoms with van der Waals surface area (Å²) >= 11 is 5.96. The van der Waals surface area contributed by atoms with E-state index in [0.29, 0.717) is 16.4 Å². The first-order valence-corrected chi connectivity index (χ1v) is 7.75. The fraction of sp³-hybridized carbons (Fsp3) is 0.167. The monoisotopic (exact) mass is 328 g/mol. The number of hydrogen-bond acceptors (Lipinski definition) is 2. The van der Waals surface area contributed by atoms with Crippen LogP contribution in [0.3, 0.4) is 0 Å². The number of amides is 1. The van der Waals surface area contributed by atoms with Gasteiger partial charge in [0.05, 0.1) is 6.10 Å². The quantitative estimate of drug-likeness (QED) is 0.718. The third-order valence-corrected chi connectivity index (χ3v) is 3.55. The van der Waals surface area contributed by atoms with Gasteiger partial charge in [-0.1, -0.05) is 11.6 Å². The predicted molar refractivity (Wildman–Crippen MR) is 93.5 cm³/mol. The summed E-state index contributed by atoms with van der Waals surface area (Å²) in [6, 6.07) is 14.5. The van der Waals surface area contributed by atoms with E-state index in [2.05, 4.69) is 10.3 Å². The molecule has 3 aromatic rings. The Bertz CT molecular complexity index is 838. The standard InChI is InChI=1S/C18H17ClN2O2/c1-11(2)23-15-6-4-14(5-7-15)20-18(22)17-10-12-9-13(19)3-8-16(12)21-17/h3-11,21H,1-2H3,(H,20,22). The molecular weight excluding hydrogens is 312 g/mol. The molecule has 0 aliphatic heterocycles. The number of aromatic nitrogens is 1. The van der Waals surface area contributed by atoms with Crippen molar-refractivity contribution < 1.29 is 9.53 Å². The smallest absolute Gasteiger partial charge is 0.272 e. The number of carbonyl (C=O) groups is 1. The van der Waals surface area contributed by atoms with Gasteiger partial charge in [-0.3, -0.25) is 4.79 Å². The predicted octanol–water partition coefficient (Wildman–Crippen LogP) is 4.86. The van der Waals surface area contributed by atoms with Crippen LogP contribution in [-0.4, -0.2) is 17.0 Å². The molecule has 0 fully saturated rings. The van der Waals surface area contributed by atoms with Crippen molar-refractivity contribution in [3.63, 3.8) is 0 Å². The van der Waals surface area contributed by atoms with Gasteiger partial charge >= 0.3 is 0 Å². The molecule has 0 aliphatic rings. The lowest BCUT2D eigenvalue weighted by Gasteiger charge is -2.10. The zero-order valence-corrected chi connectivity index (χ0v) is 13.6. The first-order chi connectivity index (χ1) is 11.0. The number of anilines is 1. The number of rotatable bonds is 4. The Morgan fingerprint density at radius 1 is 1.13 bits per heavy atom. The Kier molecular flexibility index (Phi) is 4.26. The number of benzene rings is 2. The summed E-state index contributed by atoms with van der Waals surface area (Å²) in [6.07, 6.45) is 0.119. The van der Waals surface area contributed by atoms with Gasteiger partial charge in [-0.2, -0.15) is 0 Å². The van der Waals surface area contributed by atoms with Crippen molar-refractivity contribution in [2.75, 3.05) is 5.32 Å². The number of ether oxygens (including phenoxy) is 1. The molecule has 1 aromatic heterocycles. The maximum atomic E-state index is 12.3. The molecule has 0 saturated heterocycles. The zero-order valence-electron chi connectivity index (χ0n) is 12.9. The van der Waals surface area contributed by atoms with Gasteiger partial charge in [0.25, 0.3) is 5.91 Å². The average Bonchev–Trinajstić information content (AvgIpc) is 2.92. The van der Waals surface area contributed by atoms with Crippen molar-refractivity contribution in [1.29, 1.82) is 0 Å². The van der Waals surface area contributed by atoms with Crippen LogP contribution in [-0.2, 0) is 0 Å². The molecule has 23 heavy (non-hydrogen) atoms. The minimum Gasteiger partial charge on any atom is -0.491 e. The SMILES string of the molecule is CC(C)Oc1ccc(NC(=O)c2cc3cc(Cl)ccc3[nH]2)cc1. The molecule has 0 spiro atoms. The molecule has 0 saturated carbocycles. The second-order valence-electron chi connectivity index (χ2n) is 5.56. The maximum Gasteiger partial charge on any atom is 0.272 e. The molecule has 0 radical (unpaired) electrons. The van der Waals surface area contributed by atoms with Gasteiger partial charge in [0.2, 0.25) is 0 Å². The van der Waals surface area contributed by atoms with Crippen LogP contribution >= 0.6 is 11.6 Å².